The SMILES string of the molecule is C[C@H](OP(=O)(O)OC[C@@H](O)[C@@H](O)[C@@H](O)CN1c2cc(O)ccc2Cc2c1[nH]c(=O)[nH]c2=O)C(=O)N[C@@H](CCC(=O)N[C@@H](CCC(=O)N[C@@H](CCC(=O)N[C@@H](CCC(=O)N[C@@H](CCC(=O)N[C@@H](CCC(=O)N[C@@H](CCC(=O)O)C(=O)O)C(=O)O)C(=O)O)C(=O)O)C(=O)O)C(=O)O)C(=O)O. The summed E-state index contributed by atoms with van der Waals surface area (Å²) in [4.78, 5) is 223. The Balaban J connectivity index is 1.44. The molecule has 2 aromatic rings. The Bertz CT molecular complexity index is 3490. The van der Waals surface area contributed by atoms with Gasteiger partial charge in [0, 0.05) is 63.1 Å². The number of aromatic hydroxyl groups is 1. The summed E-state index contributed by atoms with van der Waals surface area (Å²) in [6.45, 7) is -1.09. The monoisotopic (exact) mass is 1420 g/mol. The summed E-state index contributed by atoms with van der Waals surface area (Å²) in [6.07, 6.45) is -18.4. The van der Waals surface area contributed by atoms with Crippen molar-refractivity contribution in [2.75, 3.05) is 18.1 Å². The highest BCUT2D eigenvalue weighted by atomic mass is 31.2. The van der Waals surface area contributed by atoms with Crippen LogP contribution < -0.4 is 53.4 Å². The smallest absolute Gasteiger partial charge is 0.473 e. The molecule has 0 aliphatic carbocycles. The molecule has 3 rings (SSSR count). The van der Waals surface area contributed by atoms with Crippen LogP contribution in [0.5, 0.6) is 5.75 Å². The fourth-order valence-corrected chi connectivity index (χ4v) is 9.95. The number of carbonyl (C=O) groups is 15. The van der Waals surface area contributed by atoms with E-state index in [0.29, 0.717) is 5.56 Å². The van der Waals surface area contributed by atoms with Crippen molar-refractivity contribution < 1.29 is 152 Å². The lowest BCUT2D eigenvalue weighted by molar-refractivity contribution is -0.144. The van der Waals surface area contributed by atoms with E-state index >= 15 is 0 Å². The van der Waals surface area contributed by atoms with Crippen LogP contribution in [-0.4, -0.2) is 245 Å². The predicted octanol–water partition coefficient (Wildman–Crippen LogP) is -6.05. The number of carboxylic acids is 8. The van der Waals surface area contributed by atoms with Crippen molar-refractivity contribution in [3.8, 4) is 5.75 Å². The Labute approximate surface area is 549 Å². The Morgan fingerprint density at radius 1 is 0.510 bits per heavy atom. The van der Waals surface area contributed by atoms with Gasteiger partial charge in [0.15, 0.2) is 0 Å². The second-order valence-electron chi connectivity index (χ2n) is 21.8. The molecule has 0 bridgehead atoms. The molecule has 22 N–H and O–H groups in total. The molecular formula is C54H73N10O33P. The Morgan fingerprint density at radius 2 is 0.847 bits per heavy atom. The van der Waals surface area contributed by atoms with E-state index in [1.807, 2.05) is 37.2 Å². The number of phosphoric acid groups is 1. The standard InChI is InChI=1S/C54H73N10O33P/c1-22(97-98(94,95)96-21-35(67)43(76)34(66)20-64-33-19-24(65)3-2-23(33)18-25-44(64)62-54(93)63-46(25)78)45(77)61-32(53(91)92)9-16-41(73)59-30(51(87)88)7-14-39(71)57-28(49(83)84)5-12-37(69)55-26(47(79)80)4-11-36(68)56-27(48(81)82)6-13-38(70)58-29(50(85)86)8-15-40(72)60-31(52(89)90)10-17-42(74)75/h2-3,19,22,26-32,34-35,43,65-67,76H,4-18,20-21H2,1H3,(H,55,69)(H,56,68)(H,57,71)(H,58,70)(H,59,73)(H,60,72)(H,61,77)(H,74,75)(H,79,80)(H,81,82)(H,83,84)(H,85,86)(H,87,88)(H,89,90)(H,91,92)(H,94,95)(H2,62,63,78,93)/t22-,26-,27-,28-,29-,30-,31-,32-,34-,35+,43-/m0/s1. The minimum Gasteiger partial charge on any atom is -0.508 e. The fourth-order valence-electron chi connectivity index (χ4n) is 9.06. The Kier molecular flexibility index (Phi) is 32.0. The molecule has 98 heavy (non-hydrogen) atoms. The van der Waals surface area contributed by atoms with Crippen LogP contribution in [0.4, 0.5) is 11.5 Å². The molecule has 1 aliphatic heterocycles. The van der Waals surface area contributed by atoms with Gasteiger partial charge in [0.05, 0.1) is 18.7 Å². The summed E-state index contributed by atoms with van der Waals surface area (Å²) in [5.74, 6) is -21.7. The molecule has 1 aliphatic rings. The number of aliphatic hydroxyl groups is 3. The van der Waals surface area contributed by atoms with E-state index in [9.17, 15) is 147 Å². The topological polar surface area (TPSA) is 708 Å². The lowest BCUT2D eigenvalue weighted by Crippen LogP contribution is -2.47. The van der Waals surface area contributed by atoms with Gasteiger partial charge in [-0.1, -0.05) is 6.07 Å². The summed E-state index contributed by atoms with van der Waals surface area (Å²) in [5, 5.41) is 132. The normalized spacial score (nSPS) is 15.6. The highest BCUT2D eigenvalue weighted by Gasteiger charge is 2.37. The third-order valence-corrected chi connectivity index (χ3v) is 15.3. The van der Waals surface area contributed by atoms with Gasteiger partial charge >= 0.3 is 61.3 Å². The minimum absolute atomic E-state index is 0.0241. The fraction of sp³-hybridized carbons (Fsp3) is 0.537. The Morgan fingerprint density at radius 3 is 1.18 bits per heavy atom. The summed E-state index contributed by atoms with van der Waals surface area (Å²) >= 11 is 0. The second-order valence-corrected chi connectivity index (χ2v) is 23.2. The number of phenols is 1. The highest BCUT2D eigenvalue weighted by Crippen LogP contribution is 2.45. The number of aliphatic hydroxyl groups excluding tert-OH is 3. The number of hydrogen-bond acceptors (Lipinski definition) is 25. The first-order valence-corrected chi connectivity index (χ1v) is 30.7. The lowest BCUT2D eigenvalue weighted by atomic mass is 9.97. The van der Waals surface area contributed by atoms with Gasteiger partial charge in [-0.05, 0) is 63.5 Å². The van der Waals surface area contributed by atoms with Crippen molar-refractivity contribution in [1.29, 1.82) is 0 Å². The molecule has 542 valence electrons. The predicted molar refractivity (Wildman–Crippen MR) is 319 cm³/mol. The number of anilines is 2. The molecule has 12 atom stereocenters. The van der Waals surface area contributed by atoms with E-state index in [2.05, 4.69) is 14.5 Å². The number of phenolic OH excluding ortho intramolecular Hbond substituents is 1. The van der Waals surface area contributed by atoms with Crippen LogP contribution in [0.3, 0.4) is 0 Å². The van der Waals surface area contributed by atoms with E-state index in [4.69, 9.17) is 9.63 Å². The van der Waals surface area contributed by atoms with Gasteiger partial charge in [-0.3, -0.25) is 62.2 Å². The van der Waals surface area contributed by atoms with Crippen molar-refractivity contribution in [1.82, 2.24) is 47.2 Å². The first-order chi connectivity index (χ1) is 45.7. The first-order valence-electron chi connectivity index (χ1n) is 29.2. The number of nitrogens with zero attached hydrogens (tertiary/aromatic N) is 1. The number of aliphatic carboxylic acids is 8. The number of nitrogens with one attached hydrogen (secondary N) is 9. The zero-order valence-electron chi connectivity index (χ0n) is 51.5. The van der Waals surface area contributed by atoms with E-state index in [1.54, 1.807) is 0 Å². The van der Waals surface area contributed by atoms with E-state index in [0.717, 1.165) is 11.8 Å². The molecule has 0 spiro atoms. The summed E-state index contributed by atoms with van der Waals surface area (Å²) in [6, 6.07) is -8.84. The third-order valence-electron chi connectivity index (χ3n) is 14.3. The van der Waals surface area contributed by atoms with Crippen molar-refractivity contribution in [3.63, 3.8) is 0 Å². The van der Waals surface area contributed by atoms with Crippen molar-refractivity contribution in [2.24, 2.45) is 0 Å². The van der Waals surface area contributed by atoms with Crippen LogP contribution in [0, 0.1) is 0 Å². The number of rotatable bonds is 45. The molecule has 7 amide bonds. The molecule has 44 heteroatoms. The van der Waals surface area contributed by atoms with Crippen molar-refractivity contribution in [3.05, 3.63) is 50.2 Å². The number of fused-ring (bicyclic) bond motifs is 2. The largest absolute Gasteiger partial charge is 0.508 e. The van der Waals surface area contributed by atoms with Gasteiger partial charge in [-0.25, -0.2) is 42.9 Å². The van der Waals surface area contributed by atoms with Gasteiger partial charge < -0.3 is 108 Å². The van der Waals surface area contributed by atoms with E-state index < -0.39 is 278 Å². The molecule has 1 unspecified atom stereocenters. The number of carboxylic acid groups (broad SMARTS) is 8. The molecule has 0 fully saturated rings. The summed E-state index contributed by atoms with van der Waals surface area (Å²) < 4.78 is 22.2. The average molecular weight is 1420 g/mol. The Hall–Kier alpha value is -10.5. The van der Waals surface area contributed by atoms with E-state index in [-0.39, 0.29) is 29.2 Å². The van der Waals surface area contributed by atoms with Gasteiger partial charge in [0.2, 0.25) is 41.4 Å². The molecule has 0 radical (unpaired) electrons. The van der Waals surface area contributed by atoms with Gasteiger partial charge in [-0.15, -0.1) is 0 Å². The molecule has 0 saturated heterocycles. The maximum atomic E-state index is 12.9. The molecule has 0 saturated carbocycles. The molecule has 1 aromatic carbocycles. The summed E-state index contributed by atoms with van der Waals surface area (Å²) in [5.41, 5.74) is -1.08. The number of aromatic amines is 2. The van der Waals surface area contributed by atoms with Crippen LogP contribution in [0.1, 0.15) is 108 Å². The maximum Gasteiger partial charge on any atom is 0.473 e. The zero-order chi connectivity index (χ0) is 74.1. The number of carbonyl (C=O) groups excluding carboxylic acids is 7. The lowest BCUT2D eigenvalue weighted by Gasteiger charge is -2.35. The van der Waals surface area contributed by atoms with Crippen LogP contribution in [0.15, 0.2) is 27.8 Å². The number of aromatic nitrogens is 2. The van der Waals surface area contributed by atoms with Crippen LogP contribution >= 0.6 is 7.82 Å². The maximum absolute atomic E-state index is 12.9. The second kappa shape index (κ2) is 38.3. The molecular weight excluding hydrogens is 1350 g/mol. The van der Waals surface area contributed by atoms with Crippen LogP contribution in [0.2, 0.25) is 0 Å². The molecule has 2 heterocycles. The minimum atomic E-state index is -5.40. The quantitative estimate of drug-likeness (QED) is 0.0275. The third kappa shape index (κ3) is 27.7. The molecule has 1 aromatic heterocycles. The van der Waals surface area contributed by atoms with Crippen LogP contribution in [-0.2, 0) is 92.0 Å². The van der Waals surface area contributed by atoms with Gasteiger partial charge in [0.25, 0.3) is 5.56 Å². The van der Waals surface area contributed by atoms with E-state index in [1.165, 1.54) is 18.2 Å². The number of benzene rings is 1. The van der Waals surface area contributed by atoms with Crippen LogP contribution in [0.25, 0.3) is 0 Å². The summed E-state index contributed by atoms with van der Waals surface area (Å²) in [7, 11) is -5.40. The zero-order valence-corrected chi connectivity index (χ0v) is 52.4. The average Bonchev–Trinajstić information content (AvgIpc) is 0.759. The number of hydrogen-bond donors (Lipinski definition) is 22. The van der Waals surface area contributed by atoms with Gasteiger partial charge in [-0.2, -0.15) is 0 Å². The highest BCUT2D eigenvalue weighted by molar-refractivity contribution is 7.47. The first kappa shape index (κ1) is 81.8. The number of phosphoric ester groups is 1. The number of amides is 7. The van der Waals surface area contributed by atoms with Gasteiger partial charge in [0.1, 0.15) is 78.3 Å². The molecule has 43 nitrogen and oxygen atoms in total. The number of β-amino-alcohol motifs (C(OH)–C–C–N with tert-alkyl or cyclic N) is 1. The van der Waals surface area contributed by atoms with Crippen molar-refractivity contribution >= 4 is 108 Å². The van der Waals surface area contributed by atoms with Crippen molar-refractivity contribution in [2.45, 2.75) is 170 Å². The number of H-pyrrole nitrogens is 2.